The molecule has 1 saturated heterocycles. The Morgan fingerprint density at radius 2 is 1.89 bits per heavy atom. The van der Waals surface area contributed by atoms with Gasteiger partial charge in [-0.25, -0.2) is 9.78 Å². The Hall–Kier alpha value is -3.73. The number of alkyl halides is 3. The van der Waals surface area contributed by atoms with Gasteiger partial charge in [0.15, 0.2) is 5.82 Å². The molecule has 11 heteroatoms. The van der Waals surface area contributed by atoms with Gasteiger partial charge in [-0.15, -0.1) is 0 Å². The quantitative estimate of drug-likeness (QED) is 0.357. The van der Waals surface area contributed by atoms with Crippen molar-refractivity contribution in [3.63, 3.8) is 0 Å². The Balaban J connectivity index is 1.20. The van der Waals surface area contributed by atoms with Crippen LogP contribution in [-0.2, 0) is 24.0 Å². The van der Waals surface area contributed by atoms with Crippen molar-refractivity contribution in [2.75, 3.05) is 20.2 Å². The summed E-state index contributed by atoms with van der Waals surface area (Å²) in [5.74, 6) is -1.30. The van der Waals surface area contributed by atoms with Crippen molar-refractivity contribution >= 4 is 17.0 Å². The summed E-state index contributed by atoms with van der Waals surface area (Å²) < 4.78 is 49.1. The molecule has 1 aliphatic heterocycles. The number of esters is 1. The maximum Gasteiger partial charge on any atom is 0.471 e. The van der Waals surface area contributed by atoms with E-state index in [4.69, 9.17) is 9.72 Å². The topological polar surface area (TPSA) is 86.3 Å². The van der Waals surface area contributed by atoms with Gasteiger partial charge in [-0.2, -0.15) is 18.2 Å². The first-order valence-electron chi connectivity index (χ1n) is 11.5. The van der Waals surface area contributed by atoms with Crippen molar-refractivity contribution in [3.05, 3.63) is 77.2 Å². The fraction of sp³-hybridized carbons (Fsp3) is 0.360. The smallest absolute Gasteiger partial charge is 0.465 e. The van der Waals surface area contributed by atoms with Crippen molar-refractivity contribution in [2.45, 2.75) is 38.0 Å². The van der Waals surface area contributed by atoms with Gasteiger partial charge in [0.05, 0.1) is 19.2 Å². The second kappa shape index (κ2) is 9.73. The van der Waals surface area contributed by atoms with E-state index >= 15 is 0 Å². The van der Waals surface area contributed by atoms with E-state index < -0.39 is 12.1 Å². The number of hydrogen-bond donors (Lipinski definition) is 0. The molecule has 5 rings (SSSR count). The number of pyridine rings is 1. The molecule has 0 radical (unpaired) electrons. The third-order valence-electron chi connectivity index (χ3n) is 6.48. The number of carbonyl (C=O) groups excluding carboxylic acids is 1. The minimum atomic E-state index is -4.63. The first-order chi connectivity index (χ1) is 17.3. The zero-order chi connectivity index (χ0) is 25.3. The van der Waals surface area contributed by atoms with Crippen LogP contribution >= 0.6 is 0 Å². The van der Waals surface area contributed by atoms with Gasteiger partial charge in [0.1, 0.15) is 5.65 Å². The number of benzene rings is 1. The van der Waals surface area contributed by atoms with E-state index in [1.807, 2.05) is 35.5 Å². The number of aromatic nitrogens is 4. The van der Waals surface area contributed by atoms with Gasteiger partial charge in [-0.1, -0.05) is 17.3 Å². The van der Waals surface area contributed by atoms with Crippen LogP contribution in [-0.4, -0.2) is 50.8 Å². The maximum atomic E-state index is 12.7. The number of halogens is 3. The zero-order valence-electron chi connectivity index (χ0n) is 19.5. The van der Waals surface area contributed by atoms with Crippen molar-refractivity contribution in [2.24, 2.45) is 0 Å². The van der Waals surface area contributed by atoms with E-state index in [1.54, 1.807) is 12.1 Å². The molecule has 0 amide bonds. The largest absolute Gasteiger partial charge is 0.471 e. The van der Waals surface area contributed by atoms with Gasteiger partial charge < -0.3 is 13.8 Å². The second-order valence-corrected chi connectivity index (χ2v) is 8.88. The Labute approximate surface area is 204 Å². The van der Waals surface area contributed by atoms with Crippen LogP contribution in [0.25, 0.3) is 11.0 Å². The Morgan fingerprint density at radius 1 is 1.14 bits per heavy atom. The minimum absolute atomic E-state index is 0.0464. The van der Waals surface area contributed by atoms with Crippen molar-refractivity contribution < 1.29 is 27.2 Å². The van der Waals surface area contributed by atoms with Crippen LogP contribution in [0.5, 0.6) is 0 Å². The minimum Gasteiger partial charge on any atom is -0.465 e. The molecule has 0 saturated carbocycles. The second-order valence-electron chi connectivity index (χ2n) is 8.88. The highest BCUT2D eigenvalue weighted by Crippen LogP contribution is 2.31. The predicted octanol–water partition coefficient (Wildman–Crippen LogP) is 4.65. The molecule has 0 bridgehead atoms. The Bertz CT molecular complexity index is 1360. The number of nitrogens with zero attached hydrogens (tertiary/aromatic N) is 5. The summed E-state index contributed by atoms with van der Waals surface area (Å²) in [5.41, 5.74) is 3.59. The Morgan fingerprint density at radius 3 is 2.56 bits per heavy atom. The first-order valence-corrected chi connectivity index (χ1v) is 11.5. The lowest BCUT2D eigenvalue weighted by Gasteiger charge is -2.31. The van der Waals surface area contributed by atoms with E-state index in [0.717, 1.165) is 48.1 Å². The molecule has 0 spiro atoms. The summed E-state index contributed by atoms with van der Waals surface area (Å²) in [6.07, 6.45) is 1.01. The molecule has 4 heterocycles. The van der Waals surface area contributed by atoms with Crippen LogP contribution in [0.3, 0.4) is 0 Å². The maximum absolute atomic E-state index is 12.7. The van der Waals surface area contributed by atoms with Crippen LogP contribution in [0, 0.1) is 0 Å². The van der Waals surface area contributed by atoms with Gasteiger partial charge in [-0.3, -0.25) is 4.90 Å². The van der Waals surface area contributed by atoms with Crippen molar-refractivity contribution in [1.82, 2.24) is 24.6 Å². The number of piperidine rings is 1. The molecule has 1 aromatic carbocycles. The summed E-state index contributed by atoms with van der Waals surface area (Å²) >= 11 is 0. The van der Waals surface area contributed by atoms with E-state index in [0.29, 0.717) is 18.0 Å². The van der Waals surface area contributed by atoms with Gasteiger partial charge >= 0.3 is 18.0 Å². The molecule has 0 aliphatic carbocycles. The lowest BCUT2D eigenvalue weighted by molar-refractivity contribution is -0.159. The highest BCUT2D eigenvalue weighted by molar-refractivity contribution is 5.89. The van der Waals surface area contributed by atoms with Gasteiger partial charge in [0.2, 0.25) is 0 Å². The molecule has 3 aromatic heterocycles. The number of methoxy groups -OCH3 is 1. The van der Waals surface area contributed by atoms with Gasteiger partial charge in [0, 0.05) is 24.3 Å². The first kappa shape index (κ1) is 24.0. The van der Waals surface area contributed by atoms with Crippen LogP contribution in [0.4, 0.5) is 13.2 Å². The average Bonchev–Trinajstić information content (AvgIpc) is 3.51. The average molecular weight is 499 g/mol. The highest BCUT2D eigenvalue weighted by Gasteiger charge is 2.38. The lowest BCUT2D eigenvalue weighted by atomic mass is 9.90. The number of hydrogen-bond acceptors (Lipinski definition) is 7. The van der Waals surface area contributed by atoms with E-state index in [-0.39, 0.29) is 18.3 Å². The molecule has 0 atom stereocenters. The number of carbonyl (C=O) groups is 1. The molecule has 1 fully saturated rings. The number of rotatable bonds is 6. The van der Waals surface area contributed by atoms with Crippen LogP contribution in [0.1, 0.15) is 52.0 Å². The monoisotopic (exact) mass is 499 g/mol. The fourth-order valence-corrected chi connectivity index (χ4v) is 4.56. The summed E-state index contributed by atoms with van der Waals surface area (Å²) in [6, 6.07) is 11.5. The summed E-state index contributed by atoms with van der Waals surface area (Å²) in [6.45, 7) is 2.30. The molecule has 0 unspecified atom stereocenters. The van der Waals surface area contributed by atoms with E-state index in [1.165, 1.54) is 7.11 Å². The number of ether oxygens (including phenoxy) is 1. The van der Waals surface area contributed by atoms with E-state index in [9.17, 15) is 18.0 Å². The molecule has 8 nitrogen and oxygen atoms in total. The van der Waals surface area contributed by atoms with Crippen LogP contribution in [0.2, 0.25) is 0 Å². The highest BCUT2D eigenvalue weighted by atomic mass is 19.4. The molecule has 1 aliphatic rings. The third-order valence-corrected chi connectivity index (χ3v) is 6.48. The normalized spacial score (nSPS) is 15.4. The third kappa shape index (κ3) is 5.11. The summed E-state index contributed by atoms with van der Waals surface area (Å²) in [7, 11) is 1.36. The van der Waals surface area contributed by atoms with Crippen molar-refractivity contribution in [3.8, 4) is 0 Å². The molecule has 4 aromatic rings. The summed E-state index contributed by atoms with van der Waals surface area (Å²) in [4.78, 5) is 21.8. The summed E-state index contributed by atoms with van der Waals surface area (Å²) in [5, 5.41) is 4.50. The van der Waals surface area contributed by atoms with E-state index in [2.05, 4.69) is 25.3 Å². The Kier molecular flexibility index (Phi) is 6.48. The van der Waals surface area contributed by atoms with Crippen LogP contribution < -0.4 is 0 Å². The molecular formula is C25H24F3N5O3. The zero-order valence-corrected chi connectivity index (χ0v) is 19.5. The molecule has 36 heavy (non-hydrogen) atoms. The fourth-order valence-electron chi connectivity index (χ4n) is 4.56. The number of likely N-dealkylation sites (tertiary alicyclic amines) is 1. The van der Waals surface area contributed by atoms with Gasteiger partial charge in [-0.05, 0) is 67.2 Å². The molecule has 188 valence electrons. The lowest BCUT2D eigenvalue weighted by Crippen LogP contribution is -2.32. The molecule has 0 N–H and O–H groups in total. The predicted molar refractivity (Wildman–Crippen MR) is 123 cm³/mol. The SMILES string of the molecule is COC(=O)c1ccc(Cn2ccc3cc(C4CCN(Cc5noc(C(F)(F)F)n5)CC4)cnc32)cc1. The standard InChI is InChI=1S/C25H24F3N5O3/c1-35-23(34)18-4-2-16(3-5-18)14-33-11-8-19-12-20(13-29-22(19)33)17-6-9-32(10-7-17)15-21-30-24(36-31-21)25(26,27)28/h2-5,8,11-13,17H,6-7,9-10,14-15H2,1H3. The number of fused-ring (bicyclic) bond motifs is 1. The van der Waals surface area contributed by atoms with Crippen molar-refractivity contribution in [1.29, 1.82) is 0 Å². The van der Waals surface area contributed by atoms with Crippen LogP contribution in [0.15, 0.2) is 53.3 Å². The van der Waals surface area contributed by atoms with Gasteiger partial charge in [0.25, 0.3) is 0 Å². The molecular weight excluding hydrogens is 475 g/mol.